The van der Waals surface area contributed by atoms with Gasteiger partial charge in [0.05, 0.1) is 4.90 Å². The molecule has 0 fully saturated rings. The Balaban J connectivity index is 3.39. The van der Waals surface area contributed by atoms with Crippen molar-refractivity contribution in [3.05, 3.63) is 29.1 Å². The van der Waals surface area contributed by atoms with Crippen LogP contribution in [-0.2, 0) is 9.05 Å². The molecule has 0 saturated heterocycles. The monoisotopic (exact) mass is 321 g/mol. The highest BCUT2D eigenvalue weighted by Crippen LogP contribution is 2.25. The molecule has 1 aromatic carbocycles. The van der Waals surface area contributed by atoms with E-state index < -0.39 is 20.8 Å². The molecule has 0 radical (unpaired) electrons. The Bertz CT molecular complexity index is 616. The van der Waals surface area contributed by atoms with Gasteiger partial charge in [-0.15, -0.1) is 0 Å². The molecule has 0 atom stereocenters. The van der Waals surface area contributed by atoms with Crippen LogP contribution in [0.5, 0.6) is 0 Å². The lowest BCUT2D eigenvalue weighted by Crippen LogP contribution is -2.32. The molecule has 0 N–H and O–H groups in total. The molecular weight excluding hydrogens is 305 g/mol. The van der Waals surface area contributed by atoms with Crippen LogP contribution in [0.2, 0.25) is 0 Å². The van der Waals surface area contributed by atoms with Crippen LogP contribution >= 0.6 is 10.7 Å². The standard InChI is InChI=1S/C13H17ClFNO3S/c1-4-6-16(5-2)13(17)11-7-10(15)8-12(9(11)3)20(14,18)19/h7-8H,4-6H2,1-3H3. The van der Waals surface area contributed by atoms with E-state index in [1.165, 1.54) is 11.8 Å². The predicted octanol–water partition coefficient (Wildman–Crippen LogP) is 2.93. The zero-order valence-electron chi connectivity index (χ0n) is 11.6. The van der Waals surface area contributed by atoms with E-state index in [-0.39, 0.29) is 16.0 Å². The van der Waals surface area contributed by atoms with Crippen molar-refractivity contribution < 1.29 is 17.6 Å². The fraction of sp³-hybridized carbons (Fsp3) is 0.462. The molecule has 0 aliphatic heterocycles. The van der Waals surface area contributed by atoms with Crippen LogP contribution in [0.15, 0.2) is 17.0 Å². The van der Waals surface area contributed by atoms with Crippen molar-refractivity contribution in [1.29, 1.82) is 0 Å². The first-order valence-corrected chi connectivity index (χ1v) is 8.57. The summed E-state index contributed by atoms with van der Waals surface area (Å²) in [5.74, 6) is -1.20. The number of hydrogen-bond donors (Lipinski definition) is 0. The lowest BCUT2D eigenvalue weighted by Gasteiger charge is -2.21. The molecule has 1 aromatic rings. The molecule has 0 spiro atoms. The molecule has 7 heteroatoms. The second-order valence-corrected chi connectivity index (χ2v) is 6.93. The van der Waals surface area contributed by atoms with E-state index in [1.54, 1.807) is 6.92 Å². The van der Waals surface area contributed by atoms with Gasteiger partial charge in [0.2, 0.25) is 0 Å². The molecular formula is C13H17ClFNO3S. The Morgan fingerprint density at radius 2 is 1.95 bits per heavy atom. The first-order chi connectivity index (χ1) is 9.22. The SMILES string of the molecule is CCCN(CC)C(=O)c1cc(F)cc(S(=O)(=O)Cl)c1C. The molecule has 0 saturated carbocycles. The van der Waals surface area contributed by atoms with Gasteiger partial charge in [-0.25, -0.2) is 12.8 Å². The minimum atomic E-state index is -4.10. The minimum Gasteiger partial charge on any atom is -0.339 e. The zero-order valence-corrected chi connectivity index (χ0v) is 13.2. The average Bonchev–Trinajstić information content (AvgIpc) is 2.36. The molecule has 0 aliphatic carbocycles. The van der Waals surface area contributed by atoms with E-state index in [1.807, 2.05) is 6.92 Å². The number of amides is 1. The summed E-state index contributed by atoms with van der Waals surface area (Å²) in [5, 5.41) is 0. The van der Waals surface area contributed by atoms with Crippen LogP contribution in [0.4, 0.5) is 4.39 Å². The Morgan fingerprint density at radius 1 is 1.35 bits per heavy atom. The number of halogens is 2. The number of nitrogens with zero attached hydrogens (tertiary/aromatic N) is 1. The summed E-state index contributed by atoms with van der Waals surface area (Å²) in [6.45, 7) is 6.16. The molecule has 0 aromatic heterocycles. The van der Waals surface area contributed by atoms with Gasteiger partial charge in [-0.2, -0.15) is 0 Å². The van der Waals surface area contributed by atoms with E-state index in [0.717, 1.165) is 18.6 Å². The Hall–Kier alpha value is -1.14. The number of rotatable bonds is 5. The number of benzene rings is 1. The van der Waals surface area contributed by atoms with E-state index in [4.69, 9.17) is 10.7 Å². The lowest BCUT2D eigenvalue weighted by atomic mass is 10.1. The summed E-state index contributed by atoms with van der Waals surface area (Å²) in [4.78, 5) is 13.5. The molecule has 1 amide bonds. The van der Waals surface area contributed by atoms with Gasteiger partial charge in [0.25, 0.3) is 15.0 Å². The summed E-state index contributed by atoms with van der Waals surface area (Å²) >= 11 is 0. The van der Waals surface area contributed by atoms with Crippen molar-refractivity contribution in [2.24, 2.45) is 0 Å². The maximum atomic E-state index is 13.6. The zero-order chi connectivity index (χ0) is 15.5. The number of carbonyl (C=O) groups excluding carboxylic acids is 1. The number of carbonyl (C=O) groups is 1. The quantitative estimate of drug-likeness (QED) is 0.783. The van der Waals surface area contributed by atoms with Gasteiger partial charge in [0.15, 0.2) is 0 Å². The normalized spacial score (nSPS) is 11.4. The minimum absolute atomic E-state index is 0.0273. The molecule has 112 valence electrons. The van der Waals surface area contributed by atoms with Gasteiger partial charge in [-0.3, -0.25) is 4.79 Å². The van der Waals surface area contributed by atoms with E-state index in [0.29, 0.717) is 13.1 Å². The van der Waals surface area contributed by atoms with Crippen molar-refractivity contribution in [3.8, 4) is 0 Å². The first kappa shape index (κ1) is 16.9. The van der Waals surface area contributed by atoms with Crippen molar-refractivity contribution in [3.63, 3.8) is 0 Å². The van der Waals surface area contributed by atoms with Gasteiger partial charge in [0, 0.05) is 29.3 Å². The van der Waals surface area contributed by atoms with Gasteiger partial charge in [0.1, 0.15) is 5.82 Å². The molecule has 0 unspecified atom stereocenters. The smallest absolute Gasteiger partial charge is 0.261 e. The Morgan fingerprint density at radius 3 is 2.40 bits per heavy atom. The summed E-state index contributed by atoms with van der Waals surface area (Å²) in [5.41, 5.74) is 0.195. The number of hydrogen-bond acceptors (Lipinski definition) is 3. The Labute approximate surface area is 123 Å². The molecule has 20 heavy (non-hydrogen) atoms. The maximum absolute atomic E-state index is 13.6. The van der Waals surface area contributed by atoms with Crippen molar-refractivity contribution in [2.45, 2.75) is 32.1 Å². The van der Waals surface area contributed by atoms with Crippen LogP contribution in [0.1, 0.15) is 36.2 Å². The van der Waals surface area contributed by atoms with Gasteiger partial charge in [-0.05, 0) is 38.0 Å². The largest absolute Gasteiger partial charge is 0.339 e. The third-order valence-electron chi connectivity index (χ3n) is 2.98. The molecule has 0 heterocycles. The van der Waals surface area contributed by atoms with Gasteiger partial charge in [-0.1, -0.05) is 6.92 Å². The highest BCUT2D eigenvalue weighted by Gasteiger charge is 2.23. The van der Waals surface area contributed by atoms with Crippen LogP contribution in [-0.4, -0.2) is 32.3 Å². The topological polar surface area (TPSA) is 54.5 Å². The summed E-state index contributed by atoms with van der Waals surface area (Å²) in [6, 6.07) is 1.87. The highest BCUT2D eigenvalue weighted by atomic mass is 35.7. The van der Waals surface area contributed by atoms with Crippen LogP contribution in [0.25, 0.3) is 0 Å². The molecule has 0 bridgehead atoms. The fourth-order valence-electron chi connectivity index (χ4n) is 1.97. The predicted molar refractivity (Wildman–Crippen MR) is 76.0 cm³/mol. The third kappa shape index (κ3) is 3.70. The van der Waals surface area contributed by atoms with Gasteiger partial charge >= 0.3 is 0 Å². The molecule has 1 rings (SSSR count). The molecule has 4 nitrogen and oxygen atoms in total. The first-order valence-electron chi connectivity index (χ1n) is 6.26. The van der Waals surface area contributed by atoms with Crippen LogP contribution in [0, 0.1) is 12.7 Å². The lowest BCUT2D eigenvalue weighted by molar-refractivity contribution is 0.0763. The summed E-state index contributed by atoms with van der Waals surface area (Å²) in [7, 11) is 1.17. The van der Waals surface area contributed by atoms with E-state index in [2.05, 4.69) is 0 Å². The van der Waals surface area contributed by atoms with Gasteiger partial charge < -0.3 is 4.90 Å². The van der Waals surface area contributed by atoms with E-state index in [9.17, 15) is 17.6 Å². The molecule has 0 aliphatic rings. The maximum Gasteiger partial charge on any atom is 0.261 e. The fourth-order valence-corrected chi connectivity index (χ4v) is 3.18. The second-order valence-electron chi connectivity index (χ2n) is 4.40. The van der Waals surface area contributed by atoms with Crippen LogP contribution in [0.3, 0.4) is 0 Å². The third-order valence-corrected chi connectivity index (χ3v) is 4.43. The summed E-state index contributed by atoms with van der Waals surface area (Å²) < 4.78 is 36.4. The second kappa shape index (κ2) is 6.54. The van der Waals surface area contributed by atoms with Crippen molar-refractivity contribution in [1.82, 2.24) is 4.90 Å². The average molecular weight is 322 g/mol. The van der Waals surface area contributed by atoms with Crippen molar-refractivity contribution >= 4 is 25.6 Å². The van der Waals surface area contributed by atoms with Crippen molar-refractivity contribution in [2.75, 3.05) is 13.1 Å². The van der Waals surface area contributed by atoms with Crippen LogP contribution < -0.4 is 0 Å². The van der Waals surface area contributed by atoms with E-state index >= 15 is 0 Å². The summed E-state index contributed by atoms with van der Waals surface area (Å²) in [6.07, 6.45) is 0.759. The highest BCUT2D eigenvalue weighted by molar-refractivity contribution is 8.13. The Kier molecular flexibility index (Phi) is 5.53.